The van der Waals surface area contributed by atoms with Gasteiger partial charge in [-0.3, -0.25) is 4.90 Å². The SMILES string of the molecule is CC1=C=CN2C(=N1)C(N1CCNCC1)=Nc1ccc(Cl)cc12. The third-order valence-electron chi connectivity index (χ3n) is 3.94. The molecule has 3 heterocycles. The maximum Gasteiger partial charge on any atom is 0.182 e. The molecule has 0 radical (unpaired) electrons. The molecule has 0 spiro atoms. The predicted octanol–water partition coefficient (Wildman–Crippen LogP) is 2.52. The van der Waals surface area contributed by atoms with E-state index in [1.807, 2.05) is 36.2 Å². The zero-order valence-corrected chi connectivity index (χ0v) is 13.1. The number of allylic oxidation sites excluding steroid dienone is 1. The third kappa shape index (κ3) is 2.24. The van der Waals surface area contributed by atoms with Crippen LogP contribution in [0.3, 0.4) is 0 Å². The lowest BCUT2D eigenvalue weighted by Crippen LogP contribution is -2.52. The van der Waals surface area contributed by atoms with Crippen molar-refractivity contribution in [1.29, 1.82) is 0 Å². The summed E-state index contributed by atoms with van der Waals surface area (Å²) in [5.74, 6) is 1.78. The van der Waals surface area contributed by atoms with Crippen molar-refractivity contribution in [3.63, 3.8) is 0 Å². The third-order valence-corrected chi connectivity index (χ3v) is 4.18. The zero-order valence-electron chi connectivity index (χ0n) is 12.3. The van der Waals surface area contributed by atoms with Gasteiger partial charge in [0.2, 0.25) is 0 Å². The number of nitrogens with one attached hydrogen (secondary N) is 1. The van der Waals surface area contributed by atoms with Crippen molar-refractivity contribution in [3.8, 4) is 0 Å². The fourth-order valence-corrected chi connectivity index (χ4v) is 3.01. The van der Waals surface area contributed by atoms with Crippen molar-refractivity contribution in [2.24, 2.45) is 9.98 Å². The molecule has 3 aliphatic heterocycles. The van der Waals surface area contributed by atoms with Gasteiger partial charge in [0.25, 0.3) is 0 Å². The summed E-state index contributed by atoms with van der Waals surface area (Å²) in [5, 5.41) is 4.06. The number of fused-ring (bicyclic) bond motifs is 3. The molecular formula is C16H16ClN5. The van der Waals surface area contributed by atoms with E-state index in [-0.39, 0.29) is 0 Å². The lowest BCUT2D eigenvalue weighted by atomic mass is 10.1. The average Bonchev–Trinajstić information content (AvgIpc) is 2.55. The smallest absolute Gasteiger partial charge is 0.182 e. The highest BCUT2D eigenvalue weighted by molar-refractivity contribution is 6.48. The Balaban J connectivity index is 1.86. The van der Waals surface area contributed by atoms with E-state index in [0.29, 0.717) is 5.02 Å². The minimum atomic E-state index is 0.693. The van der Waals surface area contributed by atoms with E-state index >= 15 is 0 Å². The number of benzene rings is 1. The van der Waals surface area contributed by atoms with Crippen LogP contribution in [0.2, 0.25) is 5.02 Å². The van der Waals surface area contributed by atoms with Crippen molar-refractivity contribution in [3.05, 3.63) is 40.8 Å². The Morgan fingerprint density at radius 3 is 2.82 bits per heavy atom. The summed E-state index contributed by atoms with van der Waals surface area (Å²) in [6.07, 6.45) is 1.92. The van der Waals surface area contributed by atoms with Gasteiger partial charge < -0.3 is 10.2 Å². The molecule has 1 aromatic carbocycles. The van der Waals surface area contributed by atoms with E-state index in [1.165, 1.54) is 0 Å². The molecule has 0 unspecified atom stereocenters. The number of hydrogen-bond donors (Lipinski definition) is 1. The fraction of sp³-hybridized carbons (Fsp3) is 0.312. The van der Waals surface area contributed by atoms with Gasteiger partial charge in [-0.1, -0.05) is 17.3 Å². The van der Waals surface area contributed by atoms with Crippen LogP contribution in [0.25, 0.3) is 0 Å². The second-order valence-corrected chi connectivity index (χ2v) is 5.91. The Morgan fingerprint density at radius 1 is 1.18 bits per heavy atom. The predicted molar refractivity (Wildman–Crippen MR) is 90.2 cm³/mol. The molecule has 3 aliphatic rings. The first-order chi connectivity index (χ1) is 10.7. The lowest BCUT2D eigenvalue weighted by Gasteiger charge is -2.37. The van der Waals surface area contributed by atoms with Gasteiger partial charge in [0.15, 0.2) is 11.7 Å². The first kappa shape index (κ1) is 13.6. The van der Waals surface area contributed by atoms with Crippen molar-refractivity contribution in [1.82, 2.24) is 10.2 Å². The number of piperazine rings is 1. The Kier molecular flexibility index (Phi) is 3.26. The maximum atomic E-state index is 6.15. The maximum absolute atomic E-state index is 6.15. The van der Waals surface area contributed by atoms with Gasteiger partial charge in [-0.25, -0.2) is 9.98 Å². The van der Waals surface area contributed by atoms with Crippen molar-refractivity contribution in [2.75, 3.05) is 31.1 Å². The Hall–Kier alpha value is -2.07. The molecular weight excluding hydrogens is 298 g/mol. The highest BCUT2D eigenvalue weighted by Crippen LogP contribution is 2.37. The largest absolute Gasteiger partial charge is 0.351 e. The van der Waals surface area contributed by atoms with Gasteiger partial charge >= 0.3 is 0 Å². The van der Waals surface area contributed by atoms with E-state index in [2.05, 4.69) is 20.9 Å². The summed E-state index contributed by atoms with van der Waals surface area (Å²) in [6, 6.07) is 5.75. The van der Waals surface area contributed by atoms with Gasteiger partial charge in [-0.05, 0) is 25.1 Å². The minimum Gasteiger partial charge on any atom is -0.351 e. The second-order valence-electron chi connectivity index (χ2n) is 5.47. The number of hydrogen-bond acceptors (Lipinski definition) is 5. The van der Waals surface area contributed by atoms with Crippen LogP contribution in [0.15, 0.2) is 45.8 Å². The molecule has 0 amide bonds. The van der Waals surface area contributed by atoms with Crippen LogP contribution >= 0.6 is 11.6 Å². The highest BCUT2D eigenvalue weighted by Gasteiger charge is 2.30. The molecule has 1 aromatic rings. The van der Waals surface area contributed by atoms with Crippen LogP contribution in [-0.2, 0) is 0 Å². The van der Waals surface area contributed by atoms with Crippen LogP contribution in [0.1, 0.15) is 6.92 Å². The van der Waals surface area contributed by atoms with Crippen LogP contribution in [0.5, 0.6) is 0 Å². The number of halogens is 1. The second kappa shape index (κ2) is 5.29. The normalized spacial score (nSPS) is 20.0. The molecule has 5 nitrogen and oxygen atoms in total. The minimum absolute atomic E-state index is 0.693. The molecule has 0 saturated carbocycles. The standard InChI is InChI=1S/C16H16ClN5/c1-11-4-7-22-14-10-12(17)2-3-13(14)20-15(16(22)19-11)21-8-5-18-6-9-21/h2-3,7,10,18H,5-6,8-9H2,1H3. The average molecular weight is 314 g/mol. The van der Waals surface area contributed by atoms with Gasteiger partial charge in [-0.2, -0.15) is 0 Å². The van der Waals surface area contributed by atoms with E-state index in [0.717, 1.165) is 54.9 Å². The highest BCUT2D eigenvalue weighted by atomic mass is 35.5. The molecule has 1 N–H and O–H groups in total. The summed E-state index contributed by atoms with van der Waals surface area (Å²) >= 11 is 6.15. The topological polar surface area (TPSA) is 43.2 Å². The first-order valence-electron chi connectivity index (χ1n) is 7.38. The quantitative estimate of drug-likeness (QED) is 0.749. The molecule has 0 aliphatic carbocycles. The van der Waals surface area contributed by atoms with Gasteiger partial charge in [0.05, 0.1) is 23.3 Å². The van der Waals surface area contributed by atoms with Crippen molar-refractivity contribution >= 4 is 34.6 Å². The number of aliphatic imine (C=N–C) groups is 2. The van der Waals surface area contributed by atoms with Crippen LogP contribution in [0.4, 0.5) is 11.4 Å². The Labute approximate surface area is 134 Å². The summed E-state index contributed by atoms with van der Waals surface area (Å²) in [5.41, 5.74) is 5.89. The molecule has 0 bridgehead atoms. The Bertz CT molecular complexity index is 752. The molecule has 0 aromatic heterocycles. The summed E-state index contributed by atoms with van der Waals surface area (Å²) in [6.45, 7) is 5.74. The summed E-state index contributed by atoms with van der Waals surface area (Å²) in [4.78, 5) is 13.8. The molecule has 0 atom stereocenters. The number of rotatable bonds is 0. The summed E-state index contributed by atoms with van der Waals surface area (Å²) < 4.78 is 0. The fourth-order valence-electron chi connectivity index (χ4n) is 2.84. The number of amidine groups is 2. The zero-order chi connectivity index (χ0) is 15.1. The van der Waals surface area contributed by atoms with Crippen LogP contribution in [0, 0.1) is 0 Å². The van der Waals surface area contributed by atoms with Crippen LogP contribution < -0.4 is 10.2 Å². The monoisotopic (exact) mass is 313 g/mol. The molecule has 4 rings (SSSR count). The van der Waals surface area contributed by atoms with E-state index in [1.54, 1.807) is 0 Å². The first-order valence-corrected chi connectivity index (χ1v) is 7.76. The van der Waals surface area contributed by atoms with Crippen molar-refractivity contribution in [2.45, 2.75) is 6.92 Å². The lowest BCUT2D eigenvalue weighted by molar-refractivity contribution is 0.360. The van der Waals surface area contributed by atoms with E-state index in [9.17, 15) is 0 Å². The summed E-state index contributed by atoms with van der Waals surface area (Å²) in [7, 11) is 0. The molecule has 112 valence electrons. The van der Waals surface area contributed by atoms with Gasteiger partial charge in [0, 0.05) is 31.2 Å². The van der Waals surface area contributed by atoms with Crippen molar-refractivity contribution < 1.29 is 0 Å². The number of nitrogens with zero attached hydrogens (tertiary/aromatic N) is 4. The molecule has 1 saturated heterocycles. The Morgan fingerprint density at radius 2 is 2.00 bits per heavy atom. The van der Waals surface area contributed by atoms with Gasteiger partial charge in [0.1, 0.15) is 0 Å². The molecule has 22 heavy (non-hydrogen) atoms. The number of anilines is 1. The molecule has 1 fully saturated rings. The molecule has 6 heteroatoms. The van der Waals surface area contributed by atoms with E-state index < -0.39 is 0 Å². The van der Waals surface area contributed by atoms with Crippen LogP contribution in [-0.4, -0.2) is 42.8 Å². The van der Waals surface area contributed by atoms with Gasteiger partial charge in [-0.15, -0.1) is 0 Å². The van der Waals surface area contributed by atoms with E-state index in [4.69, 9.17) is 16.6 Å².